The number of anilines is 1. The molecule has 156 valence electrons. The van der Waals surface area contributed by atoms with Gasteiger partial charge in [-0.25, -0.2) is 9.97 Å². The number of fused-ring (bicyclic) bond motifs is 1. The van der Waals surface area contributed by atoms with Crippen molar-refractivity contribution < 1.29 is 9.72 Å². The molecule has 7 nitrogen and oxygen atoms in total. The molecule has 0 aliphatic heterocycles. The lowest BCUT2D eigenvalue weighted by molar-refractivity contribution is -0.384. The molecule has 3 aromatic heterocycles. The number of thiophene rings is 1. The van der Waals surface area contributed by atoms with Gasteiger partial charge in [0.25, 0.3) is 11.6 Å². The van der Waals surface area contributed by atoms with E-state index in [1.165, 1.54) is 23.5 Å². The van der Waals surface area contributed by atoms with Crippen LogP contribution in [0, 0.1) is 10.1 Å². The molecule has 0 radical (unpaired) electrons. The molecular weight excluding hydrogens is 444 g/mol. The molecular formula is C23H14N4O3S2. The SMILES string of the molecule is O=C(Nc1nc(-c2ccc([N+](=O)[O-])cc2)cs1)c1cc(-c2cccs2)nc2ccccc12. The molecule has 0 atom stereocenters. The first-order chi connectivity index (χ1) is 15.6. The van der Waals surface area contributed by atoms with Gasteiger partial charge in [-0.2, -0.15) is 0 Å². The minimum absolute atomic E-state index is 0.0172. The van der Waals surface area contributed by atoms with Gasteiger partial charge in [0.2, 0.25) is 0 Å². The molecule has 0 spiro atoms. The molecule has 1 N–H and O–H groups in total. The molecule has 0 bridgehead atoms. The lowest BCUT2D eigenvalue weighted by atomic mass is 10.1. The third kappa shape index (κ3) is 3.86. The van der Waals surface area contributed by atoms with Crippen LogP contribution in [0.4, 0.5) is 10.8 Å². The molecule has 0 saturated carbocycles. The maximum absolute atomic E-state index is 13.2. The van der Waals surface area contributed by atoms with Crippen molar-refractivity contribution in [2.75, 3.05) is 5.32 Å². The summed E-state index contributed by atoms with van der Waals surface area (Å²) in [5.74, 6) is -0.272. The number of aromatic nitrogens is 2. The van der Waals surface area contributed by atoms with E-state index in [1.54, 1.807) is 34.9 Å². The molecule has 0 saturated heterocycles. The average molecular weight is 459 g/mol. The topological polar surface area (TPSA) is 98.0 Å². The number of nitrogens with one attached hydrogen (secondary N) is 1. The molecule has 32 heavy (non-hydrogen) atoms. The summed E-state index contributed by atoms with van der Waals surface area (Å²) in [6, 6.07) is 19.4. The number of hydrogen-bond donors (Lipinski definition) is 1. The Bertz CT molecular complexity index is 1440. The molecule has 5 rings (SSSR count). The zero-order chi connectivity index (χ0) is 22.1. The summed E-state index contributed by atoms with van der Waals surface area (Å²) < 4.78 is 0. The van der Waals surface area contributed by atoms with Crippen LogP contribution in [0.1, 0.15) is 10.4 Å². The maximum atomic E-state index is 13.2. The van der Waals surface area contributed by atoms with Crippen LogP contribution in [0.5, 0.6) is 0 Å². The van der Waals surface area contributed by atoms with Gasteiger partial charge in [0, 0.05) is 28.5 Å². The second-order valence-electron chi connectivity index (χ2n) is 6.85. The van der Waals surface area contributed by atoms with Gasteiger partial charge in [-0.05, 0) is 35.7 Å². The Balaban J connectivity index is 1.45. The number of nitro groups is 1. The van der Waals surface area contributed by atoms with Gasteiger partial charge < -0.3 is 0 Å². The largest absolute Gasteiger partial charge is 0.298 e. The number of nitrogens with zero attached hydrogens (tertiary/aromatic N) is 3. The van der Waals surface area contributed by atoms with Crippen molar-refractivity contribution in [3.63, 3.8) is 0 Å². The molecule has 0 fully saturated rings. The summed E-state index contributed by atoms with van der Waals surface area (Å²) in [6.45, 7) is 0. The highest BCUT2D eigenvalue weighted by molar-refractivity contribution is 7.14. The first-order valence-electron chi connectivity index (χ1n) is 9.54. The predicted molar refractivity (Wildman–Crippen MR) is 127 cm³/mol. The Hall–Kier alpha value is -3.95. The number of benzene rings is 2. The summed E-state index contributed by atoms with van der Waals surface area (Å²) >= 11 is 2.86. The predicted octanol–water partition coefficient (Wildman–Crippen LogP) is 6.25. The molecule has 3 heterocycles. The van der Waals surface area contributed by atoms with Gasteiger partial charge in [-0.3, -0.25) is 20.2 Å². The van der Waals surface area contributed by atoms with Gasteiger partial charge in [-0.1, -0.05) is 24.3 Å². The van der Waals surface area contributed by atoms with E-state index in [0.717, 1.165) is 27.0 Å². The number of carbonyl (C=O) groups is 1. The minimum atomic E-state index is -0.444. The highest BCUT2D eigenvalue weighted by Gasteiger charge is 2.16. The molecule has 5 aromatic rings. The van der Waals surface area contributed by atoms with E-state index >= 15 is 0 Å². The highest BCUT2D eigenvalue weighted by Crippen LogP contribution is 2.30. The maximum Gasteiger partial charge on any atom is 0.269 e. The third-order valence-corrected chi connectivity index (χ3v) is 6.48. The smallest absolute Gasteiger partial charge is 0.269 e. The second-order valence-corrected chi connectivity index (χ2v) is 8.65. The summed E-state index contributed by atoms with van der Waals surface area (Å²) in [7, 11) is 0. The Kier molecular flexibility index (Phi) is 5.18. The van der Waals surface area contributed by atoms with Crippen LogP contribution in [0.15, 0.2) is 77.5 Å². The van der Waals surface area contributed by atoms with Crippen molar-refractivity contribution >= 4 is 50.3 Å². The fraction of sp³-hybridized carbons (Fsp3) is 0. The number of para-hydroxylation sites is 1. The molecule has 9 heteroatoms. The van der Waals surface area contributed by atoms with Gasteiger partial charge >= 0.3 is 0 Å². The normalized spacial score (nSPS) is 10.9. The average Bonchev–Trinajstić information content (AvgIpc) is 3.51. The number of pyridine rings is 1. The van der Waals surface area contributed by atoms with Crippen molar-refractivity contribution in [2.24, 2.45) is 0 Å². The van der Waals surface area contributed by atoms with E-state index in [0.29, 0.717) is 16.4 Å². The number of thiazole rings is 1. The fourth-order valence-electron chi connectivity index (χ4n) is 3.30. The Morgan fingerprint density at radius 3 is 2.50 bits per heavy atom. The van der Waals surface area contributed by atoms with E-state index in [-0.39, 0.29) is 11.6 Å². The summed E-state index contributed by atoms with van der Waals surface area (Å²) in [6.07, 6.45) is 0. The lowest BCUT2D eigenvalue weighted by Crippen LogP contribution is -2.13. The lowest BCUT2D eigenvalue weighted by Gasteiger charge is -2.08. The van der Waals surface area contributed by atoms with Crippen LogP contribution in [0.3, 0.4) is 0 Å². The van der Waals surface area contributed by atoms with Gasteiger partial charge in [0.1, 0.15) is 0 Å². The first-order valence-corrected chi connectivity index (χ1v) is 11.3. The molecule has 0 aliphatic carbocycles. The minimum Gasteiger partial charge on any atom is -0.298 e. The van der Waals surface area contributed by atoms with Crippen molar-refractivity contribution in [1.82, 2.24) is 9.97 Å². The van der Waals surface area contributed by atoms with E-state index in [4.69, 9.17) is 4.98 Å². The first kappa shape index (κ1) is 20.0. The summed E-state index contributed by atoms with van der Waals surface area (Å²) in [4.78, 5) is 33.7. The summed E-state index contributed by atoms with van der Waals surface area (Å²) in [5.41, 5.74) is 3.40. The molecule has 0 unspecified atom stereocenters. The van der Waals surface area contributed by atoms with E-state index in [2.05, 4.69) is 10.3 Å². The Morgan fingerprint density at radius 2 is 1.75 bits per heavy atom. The summed E-state index contributed by atoms with van der Waals surface area (Å²) in [5, 5.41) is 18.7. The Morgan fingerprint density at radius 1 is 0.938 bits per heavy atom. The van der Waals surface area contributed by atoms with E-state index in [1.807, 2.05) is 41.8 Å². The van der Waals surface area contributed by atoms with Crippen molar-refractivity contribution in [1.29, 1.82) is 0 Å². The van der Waals surface area contributed by atoms with Gasteiger partial charge in [0.05, 0.1) is 32.3 Å². The Labute approximate surface area is 190 Å². The molecule has 2 aromatic carbocycles. The van der Waals surface area contributed by atoms with Gasteiger partial charge in [0.15, 0.2) is 5.13 Å². The van der Waals surface area contributed by atoms with Crippen LogP contribution in [0.2, 0.25) is 0 Å². The molecule has 1 amide bonds. The number of hydrogen-bond acceptors (Lipinski definition) is 7. The molecule has 0 aliphatic rings. The van der Waals surface area contributed by atoms with E-state index in [9.17, 15) is 14.9 Å². The second kappa shape index (κ2) is 8.29. The quantitative estimate of drug-likeness (QED) is 0.248. The van der Waals surface area contributed by atoms with Crippen LogP contribution in [0.25, 0.3) is 32.7 Å². The van der Waals surface area contributed by atoms with Crippen molar-refractivity contribution in [3.05, 3.63) is 93.2 Å². The van der Waals surface area contributed by atoms with Crippen LogP contribution >= 0.6 is 22.7 Å². The van der Waals surface area contributed by atoms with Crippen LogP contribution < -0.4 is 5.32 Å². The number of carbonyl (C=O) groups excluding carboxylic acids is 1. The number of amides is 1. The fourth-order valence-corrected chi connectivity index (χ4v) is 4.70. The monoisotopic (exact) mass is 458 g/mol. The number of rotatable bonds is 5. The third-order valence-electron chi connectivity index (χ3n) is 4.83. The van der Waals surface area contributed by atoms with E-state index < -0.39 is 4.92 Å². The van der Waals surface area contributed by atoms with Crippen molar-refractivity contribution in [2.45, 2.75) is 0 Å². The standard InChI is InChI=1S/C23H14N4O3S2/c28-22(26-23-25-20(13-32-23)14-7-9-15(10-8-14)27(29)30)17-12-19(21-6-3-11-31-21)24-18-5-2-1-4-16(17)18/h1-13H,(H,25,26,28). The van der Waals surface area contributed by atoms with Crippen LogP contribution in [-0.4, -0.2) is 20.8 Å². The van der Waals surface area contributed by atoms with Gasteiger partial charge in [-0.15, -0.1) is 22.7 Å². The number of non-ortho nitro benzene ring substituents is 1. The zero-order valence-electron chi connectivity index (χ0n) is 16.4. The van der Waals surface area contributed by atoms with Crippen LogP contribution in [-0.2, 0) is 0 Å². The van der Waals surface area contributed by atoms with Crippen molar-refractivity contribution in [3.8, 4) is 21.8 Å². The zero-order valence-corrected chi connectivity index (χ0v) is 18.0. The highest BCUT2D eigenvalue weighted by atomic mass is 32.1. The number of nitro benzene ring substituents is 1.